The fourth-order valence-electron chi connectivity index (χ4n) is 2.88. The van der Waals surface area contributed by atoms with Gasteiger partial charge in [0.15, 0.2) is 5.13 Å². The predicted molar refractivity (Wildman–Crippen MR) is 138 cm³/mol. The summed E-state index contributed by atoms with van der Waals surface area (Å²) in [5.74, 6) is -0.217. The van der Waals surface area contributed by atoms with Crippen LogP contribution >= 0.6 is 46.3 Å². The number of thiazole rings is 1. The number of carbonyl (C=O) groups excluding carboxylic acids is 2. The molecule has 0 saturated carbocycles. The van der Waals surface area contributed by atoms with Crippen LogP contribution in [-0.4, -0.2) is 22.6 Å². The molecule has 0 fully saturated rings. The van der Waals surface area contributed by atoms with E-state index < -0.39 is 0 Å². The van der Waals surface area contributed by atoms with Gasteiger partial charge < -0.3 is 10.6 Å². The Balaban J connectivity index is 1.28. The summed E-state index contributed by atoms with van der Waals surface area (Å²) in [6.07, 6.45) is 0. The van der Waals surface area contributed by atoms with Gasteiger partial charge >= 0.3 is 0 Å². The van der Waals surface area contributed by atoms with Crippen LogP contribution in [0.4, 0.5) is 10.8 Å². The number of amides is 2. The summed E-state index contributed by atoms with van der Waals surface area (Å²) in [5.41, 5.74) is 2.81. The number of nitrogens with zero attached hydrogens (tertiary/aromatic N) is 1. The van der Waals surface area contributed by atoms with Gasteiger partial charge in [-0.25, -0.2) is 4.98 Å². The van der Waals surface area contributed by atoms with Gasteiger partial charge in [-0.1, -0.05) is 53.5 Å². The molecular formula is C24H17Cl2N3O2S2. The standard InChI is InChI=1S/C24H17Cl2N3O2S2/c25-16-6-11-19(20(26)12-16)23(31)27-17-7-9-18(10-8-17)32-14-22(30)29-24-28-21(13-33-24)15-4-2-1-3-5-15/h1-13H,14H2,(H,27,31)(H,28,29,30). The van der Waals surface area contributed by atoms with E-state index in [0.717, 1.165) is 16.2 Å². The van der Waals surface area contributed by atoms with Crippen LogP contribution in [0, 0.1) is 0 Å². The summed E-state index contributed by atoms with van der Waals surface area (Å²) in [6.45, 7) is 0. The molecule has 3 aromatic carbocycles. The summed E-state index contributed by atoms with van der Waals surface area (Å²) in [4.78, 5) is 30.1. The third-order valence-corrected chi connectivity index (χ3v) is 6.80. The zero-order valence-corrected chi connectivity index (χ0v) is 20.2. The van der Waals surface area contributed by atoms with Crippen molar-refractivity contribution in [2.75, 3.05) is 16.4 Å². The Labute approximate surface area is 209 Å². The fraction of sp³-hybridized carbons (Fsp3) is 0.0417. The van der Waals surface area contributed by atoms with Gasteiger partial charge in [0.25, 0.3) is 5.91 Å². The first kappa shape index (κ1) is 23.3. The van der Waals surface area contributed by atoms with E-state index in [1.54, 1.807) is 24.3 Å². The molecule has 0 aliphatic rings. The molecule has 1 aromatic heterocycles. The number of carbonyl (C=O) groups is 2. The fourth-order valence-corrected chi connectivity index (χ4v) is 4.81. The molecule has 4 aromatic rings. The van der Waals surface area contributed by atoms with Gasteiger partial charge in [-0.2, -0.15) is 0 Å². The average Bonchev–Trinajstić information content (AvgIpc) is 3.27. The van der Waals surface area contributed by atoms with E-state index in [-0.39, 0.29) is 22.6 Å². The molecule has 166 valence electrons. The Bertz CT molecular complexity index is 1280. The number of aromatic nitrogens is 1. The van der Waals surface area contributed by atoms with Gasteiger partial charge in [0.05, 0.1) is 22.0 Å². The Morgan fingerprint density at radius 3 is 2.42 bits per heavy atom. The summed E-state index contributed by atoms with van der Waals surface area (Å²) < 4.78 is 0. The SMILES string of the molecule is O=C(CSc1ccc(NC(=O)c2ccc(Cl)cc2Cl)cc1)Nc1nc(-c2ccccc2)cs1. The number of hydrogen-bond acceptors (Lipinski definition) is 5. The second-order valence-electron chi connectivity index (χ2n) is 6.84. The highest BCUT2D eigenvalue weighted by Gasteiger charge is 2.12. The maximum Gasteiger partial charge on any atom is 0.257 e. The van der Waals surface area contributed by atoms with Crippen molar-refractivity contribution >= 4 is 68.9 Å². The first-order valence-electron chi connectivity index (χ1n) is 9.78. The number of halogens is 2. The van der Waals surface area contributed by atoms with Crippen LogP contribution < -0.4 is 10.6 Å². The Morgan fingerprint density at radius 1 is 0.939 bits per heavy atom. The van der Waals surface area contributed by atoms with E-state index in [0.29, 0.717) is 21.4 Å². The number of hydrogen-bond donors (Lipinski definition) is 2. The molecule has 33 heavy (non-hydrogen) atoms. The van der Waals surface area contributed by atoms with E-state index in [1.807, 2.05) is 47.8 Å². The van der Waals surface area contributed by atoms with Crippen LogP contribution in [0.5, 0.6) is 0 Å². The number of thioether (sulfide) groups is 1. The van der Waals surface area contributed by atoms with Crippen LogP contribution in [0.15, 0.2) is 83.1 Å². The monoisotopic (exact) mass is 513 g/mol. The van der Waals surface area contributed by atoms with Gasteiger partial charge in [0, 0.05) is 26.5 Å². The molecule has 0 atom stereocenters. The largest absolute Gasteiger partial charge is 0.322 e. The van der Waals surface area contributed by atoms with Crippen LogP contribution in [0.3, 0.4) is 0 Å². The predicted octanol–water partition coefficient (Wildman–Crippen LogP) is 7.10. The number of benzene rings is 3. The molecule has 5 nitrogen and oxygen atoms in total. The molecule has 0 bridgehead atoms. The van der Waals surface area contributed by atoms with Crippen molar-refractivity contribution in [3.05, 3.63) is 93.8 Å². The maximum atomic E-state index is 12.4. The van der Waals surface area contributed by atoms with E-state index in [2.05, 4.69) is 15.6 Å². The van der Waals surface area contributed by atoms with Crippen molar-refractivity contribution < 1.29 is 9.59 Å². The summed E-state index contributed by atoms with van der Waals surface area (Å²) in [6, 6.07) is 21.8. The maximum absolute atomic E-state index is 12.4. The Hall–Kier alpha value is -2.84. The Morgan fingerprint density at radius 2 is 1.70 bits per heavy atom. The zero-order chi connectivity index (χ0) is 23.2. The van der Waals surface area contributed by atoms with Crippen LogP contribution in [0.1, 0.15) is 10.4 Å². The first-order valence-corrected chi connectivity index (χ1v) is 12.4. The number of anilines is 2. The van der Waals surface area contributed by atoms with Crippen LogP contribution in [0.2, 0.25) is 10.0 Å². The zero-order valence-electron chi connectivity index (χ0n) is 17.0. The molecule has 0 saturated heterocycles. The lowest BCUT2D eigenvalue weighted by atomic mass is 10.2. The van der Waals surface area contributed by atoms with E-state index in [1.165, 1.54) is 29.2 Å². The van der Waals surface area contributed by atoms with Crippen molar-refractivity contribution in [1.29, 1.82) is 0 Å². The summed E-state index contributed by atoms with van der Waals surface area (Å²) >= 11 is 14.7. The molecule has 2 amide bonds. The molecule has 9 heteroatoms. The van der Waals surface area contributed by atoms with Gasteiger partial charge in [0.1, 0.15) is 0 Å². The average molecular weight is 514 g/mol. The van der Waals surface area contributed by atoms with Gasteiger partial charge in [-0.15, -0.1) is 23.1 Å². The first-order chi connectivity index (χ1) is 16.0. The molecule has 0 aliphatic carbocycles. The van der Waals surface area contributed by atoms with Crippen molar-refractivity contribution in [2.24, 2.45) is 0 Å². The molecule has 4 rings (SSSR count). The van der Waals surface area contributed by atoms with Crippen molar-refractivity contribution in [1.82, 2.24) is 4.98 Å². The molecule has 0 spiro atoms. The third-order valence-electron chi connectivity index (χ3n) is 4.48. The lowest BCUT2D eigenvalue weighted by molar-refractivity contribution is -0.113. The highest BCUT2D eigenvalue weighted by molar-refractivity contribution is 8.00. The number of rotatable bonds is 7. The lowest BCUT2D eigenvalue weighted by Crippen LogP contribution is -2.14. The van der Waals surface area contributed by atoms with Gasteiger partial charge in [-0.05, 0) is 42.5 Å². The molecule has 2 N–H and O–H groups in total. The van der Waals surface area contributed by atoms with Crippen LogP contribution in [0.25, 0.3) is 11.3 Å². The van der Waals surface area contributed by atoms with Crippen molar-refractivity contribution in [2.45, 2.75) is 4.90 Å². The van der Waals surface area contributed by atoms with E-state index >= 15 is 0 Å². The second kappa shape index (κ2) is 10.9. The third kappa shape index (κ3) is 6.36. The molecule has 0 aliphatic heterocycles. The van der Waals surface area contributed by atoms with E-state index in [4.69, 9.17) is 23.2 Å². The van der Waals surface area contributed by atoms with Crippen LogP contribution in [-0.2, 0) is 4.79 Å². The topological polar surface area (TPSA) is 71.1 Å². The minimum Gasteiger partial charge on any atom is -0.322 e. The summed E-state index contributed by atoms with van der Waals surface area (Å²) in [7, 11) is 0. The highest BCUT2D eigenvalue weighted by atomic mass is 35.5. The van der Waals surface area contributed by atoms with Gasteiger partial charge in [-0.3, -0.25) is 9.59 Å². The molecular weight excluding hydrogens is 497 g/mol. The highest BCUT2D eigenvalue weighted by Crippen LogP contribution is 2.26. The van der Waals surface area contributed by atoms with Gasteiger partial charge in [0.2, 0.25) is 5.91 Å². The lowest BCUT2D eigenvalue weighted by Gasteiger charge is -2.08. The van der Waals surface area contributed by atoms with E-state index in [9.17, 15) is 9.59 Å². The smallest absolute Gasteiger partial charge is 0.257 e. The Kier molecular flexibility index (Phi) is 7.67. The quantitative estimate of drug-likeness (QED) is 0.258. The molecule has 0 radical (unpaired) electrons. The minimum atomic E-state index is -0.324. The summed E-state index contributed by atoms with van der Waals surface area (Å²) in [5, 5.41) is 8.87. The molecule has 1 heterocycles. The minimum absolute atomic E-state index is 0.135. The van der Waals surface area contributed by atoms with Crippen molar-refractivity contribution in [3.8, 4) is 11.3 Å². The number of nitrogens with one attached hydrogen (secondary N) is 2. The molecule has 0 unspecified atom stereocenters. The normalized spacial score (nSPS) is 10.6. The van der Waals surface area contributed by atoms with Crippen molar-refractivity contribution in [3.63, 3.8) is 0 Å². The second-order valence-corrected chi connectivity index (χ2v) is 9.59.